The minimum absolute atomic E-state index is 0.306. The van der Waals surface area contributed by atoms with Gasteiger partial charge in [0, 0.05) is 7.05 Å². The van der Waals surface area contributed by atoms with Gasteiger partial charge in [-0.3, -0.25) is 9.05 Å². The van der Waals surface area contributed by atoms with Crippen LogP contribution in [0.2, 0.25) is 0 Å². The van der Waals surface area contributed by atoms with E-state index in [2.05, 4.69) is 10.3 Å². The van der Waals surface area contributed by atoms with Crippen LogP contribution in [0.1, 0.15) is 13.8 Å². The molecule has 0 bridgehead atoms. The van der Waals surface area contributed by atoms with Gasteiger partial charge in [0.2, 0.25) is 0 Å². The third kappa shape index (κ3) is 3.85. The summed E-state index contributed by atoms with van der Waals surface area (Å²) >= 11 is 0. The van der Waals surface area contributed by atoms with Gasteiger partial charge in [0.1, 0.15) is 0 Å². The van der Waals surface area contributed by atoms with Crippen molar-refractivity contribution in [1.29, 1.82) is 0 Å². The molecule has 0 aliphatic heterocycles. The van der Waals surface area contributed by atoms with Crippen LogP contribution in [0, 0.1) is 0 Å². The molecule has 0 heterocycles. The lowest BCUT2D eigenvalue weighted by molar-refractivity contribution is 0.175. The van der Waals surface area contributed by atoms with E-state index < -0.39 is 7.75 Å². The lowest BCUT2D eigenvalue weighted by Crippen LogP contribution is -2.12. The van der Waals surface area contributed by atoms with Crippen molar-refractivity contribution in [2.75, 3.05) is 27.3 Å². The molecule has 0 aromatic carbocycles. The van der Waals surface area contributed by atoms with E-state index >= 15 is 0 Å². The fourth-order valence-electron chi connectivity index (χ4n) is 0.709. The third-order valence-electron chi connectivity index (χ3n) is 1.16. The van der Waals surface area contributed by atoms with Crippen molar-refractivity contribution in [2.45, 2.75) is 13.8 Å². The fraction of sp³-hybridized carbons (Fsp3) is 1.00. The molecular formula is C6H16N3O3P. The lowest BCUT2D eigenvalue weighted by atomic mass is 10.9. The number of rotatable bonds is 6. The molecule has 0 amide bonds. The Morgan fingerprint density at radius 1 is 1.31 bits per heavy atom. The summed E-state index contributed by atoms with van der Waals surface area (Å²) in [6, 6.07) is 0. The van der Waals surface area contributed by atoms with Crippen molar-refractivity contribution in [3.63, 3.8) is 0 Å². The molecule has 0 fully saturated rings. The van der Waals surface area contributed by atoms with E-state index in [1.807, 2.05) is 0 Å². The maximum Gasteiger partial charge on any atom is 0.451 e. The molecule has 0 aromatic rings. The molecule has 0 atom stereocenters. The molecule has 0 saturated carbocycles. The maximum absolute atomic E-state index is 11.8. The van der Waals surface area contributed by atoms with Crippen LogP contribution in [0.25, 0.3) is 0 Å². The standard InChI is InChI=1S/C6H16N3O3P/c1-5-11-13(10,12-6-2)9(4)8-7-3/h5-6H2,1-4H3. The summed E-state index contributed by atoms with van der Waals surface area (Å²) in [5.74, 6) is 0. The maximum atomic E-state index is 11.8. The molecule has 0 unspecified atom stereocenters. The molecule has 0 saturated heterocycles. The van der Waals surface area contributed by atoms with Crippen molar-refractivity contribution in [3.05, 3.63) is 0 Å². The summed E-state index contributed by atoms with van der Waals surface area (Å²) in [5, 5.41) is 7.06. The van der Waals surface area contributed by atoms with Crippen LogP contribution in [0.3, 0.4) is 0 Å². The summed E-state index contributed by atoms with van der Waals surface area (Å²) in [6.45, 7) is 4.09. The largest absolute Gasteiger partial charge is 0.451 e. The smallest absolute Gasteiger partial charge is 0.292 e. The molecule has 0 aliphatic carbocycles. The second-order valence-corrected chi connectivity index (χ2v) is 4.12. The van der Waals surface area contributed by atoms with E-state index in [9.17, 15) is 4.57 Å². The average Bonchev–Trinajstić information content (AvgIpc) is 2.05. The Bertz CT molecular complexity index is 199. The van der Waals surface area contributed by atoms with Crippen molar-refractivity contribution < 1.29 is 13.6 Å². The Balaban J connectivity index is 4.46. The van der Waals surface area contributed by atoms with Gasteiger partial charge in [0.05, 0.1) is 20.3 Å². The van der Waals surface area contributed by atoms with Gasteiger partial charge < -0.3 is 0 Å². The quantitative estimate of drug-likeness (QED) is 0.381. The molecule has 7 heteroatoms. The highest BCUT2D eigenvalue weighted by molar-refractivity contribution is 7.51. The van der Waals surface area contributed by atoms with E-state index in [1.165, 1.54) is 14.1 Å². The number of hydrogen-bond acceptors (Lipinski definition) is 5. The lowest BCUT2D eigenvalue weighted by Gasteiger charge is -2.21. The Morgan fingerprint density at radius 3 is 2.08 bits per heavy atom. The molecular weight excluding hydrogens is 193 g/mol. The van der Waals surface area contributed by atoms with Crippen LogP contribution in [0.4, 0.5) is 0 Å². The predicted octanol–water partition coefficient (Wildman–Crippen LogP) is 2.10. The second kappa shape index (κ2) is 6.07. The highest BCUT2D eigenvalue weighted by Crippen LogP contribution is 2.50. The van der Waals surface area contributed by atoms with Gasteiger partial charge in [-0.05, 0) is 13.8 Å². The van der Waals surface area contributed by atoms with Gasteiger partial charge in [0.15, 0.2) is 0 Å². The molecule has 0 aromatic heterocycles. The first-order valence-electron chi connectivity index (χ1n) is 4.03. The van der Waals surface area contributed by atoms with Gasteiger partial charge in [-0.25, -0.2) is 4.57 Å². The van der Waals surface area contributed by atoms with Crippen LogP contribution >= 0.6 is 7.75 Å². The second-order valence-electron chi connectivity index (χ2n) is 2.08. The Kier molecular flexibility index (Phi) is 5.86. The van der Waals surface area contributed by atoms with Crippen molar-refractivity contribution >= 4 is 7.75 Å². The zero-order chi connectivity index (χ0) is 10.3. The minimum Gasteiger partial charge on any atom is -0.292 e. The van der Waals surface area contributed by atoms with Crippen molar-refractivity contribution in [2.24, 2.45) is 10.3 Å². The zero-order valence-corrected chi connectivity index (χ0v) is 9.32. The first kappa shape index (κ1) is 12.6. The van der Waals surface area contributed by atoms with E-state index in [4.69, 9.17) is 9.05 Å². The monoisotopic (exact) mass is 209 g/mol. The van der Waals surface area contributed by atoms with E-state index in [0.717, 1.165) is 4.78 Å². The van der Waals surface area contributed by atoms with Gasteiger partial charge in [-0.1, -0.05) is 5.22 Å². The Hall–Kier alpha value is -0.450. The van der Waals surface area contributed by atoms with Gasteiger partial charge in [0.25, 0.3) is 0 Å². The molecule has 0 rings (SSSR count). The van der Waals surface area contributed by atoms with Crippen LogP contribution in [0.15, 0.2) is 10.3 Å². The molecule has 0 spiro atoms. The average molecular weight is 209 g/mol. The first-order chi connectivity index (χ1) is 6.10. The summed E-state index contributed by atoms with van der Waals surface area (Å²) in [4.78, 5) is 0. The normalized spacial score (nSPS) is 12.3. The van der Waals surface area contributed by atoms with Crippen LogP contribution in [-0.4, -0.2) is 32.1 Å². The number of nitrogens with zero attached hydrogens (tertiary/aromatic N) is 3. The molecule has 6 nitrogen and oxygen atoms in total. The van der Waals surface area contributed by atoms with Gasteiger partial charge in [-0.2, -0.15) is 9.89 Å². The van der Waals surface area contributed by atoms with Crippen LogP contribution < -0.4 is 0 Å². The first-order valence-corrected chi connectivity index (χ1v) is 5.53. The van der Waals surface area contributed by atoms with E-state index in [-0.39, 0.29) is 0 Å². The van der Waals surface area contributed by atoms with Gasteiger partial charge in [-0.15, -0.1) is 0 Å². The molecule has 13 heavy (non-hydrogen) atoms. The Morgan fingerprint density at radius 2 is 1.77 bits per heavy atom. The topological polar surface area (TPSA) is 63.5 Å². The van der Waals surface area contributed by atoms with Crippen molar-refractivity contribution in [3.8, 4) is 0 Å². The summed E-state index contributed by atoms with van der Waals surface area (Å²) in [6.07, 6.45) is 0. The fourth-order valence-corrected chi connectivity index (χ4v) is 1.95. The summed E-state index contributed by atoms with van der Waals surface area (Å²) < 4.78 is 22.9. The van der Waals surface area contributed by atoms with E-state index in [1.54, 1.807) is 13.8 Å². The third-order valence-corrected chi connectivity index (χ3v) is 3.12. The van der Waals surface area contributed by atoms with Crippen LogP contribution in [-0.2, 0) is 13.6 Å². The summed E-state index contributed by atoms with van der Waals surface area (Å²) in [5.41, 5.74) is 0. The highest BCUT2D eigenvalue weighted by atomic mass is 31.2. The molecule has 78 valence electrons. The number of hydrogen-bond donors (Lipinski definition) is 0. The minimum atomic E-state index is -3.25. The van der Waals surface area contributed by atoms with Gasteiger partial charge >= 0.3 is 7.75 Å². The SMILES string of the molecule is CCOP(=O)(OCC)N(C)N=NC. The molecule has 0 radical (unpaired) electrons. The summed E-state index contributed by atoms with van der Waals surface area (Å²) in [7, 11) is -0.270. The Labute approximate surface area is 78.5 Å². The highest BCUT2D eigenvalue weighted by Gasteiger charge is 2.29. The van der Waals surface area contributed by atoms with Crippen LogP contribution in [0.5, 0.6) is 0 Å². The van der Waals surface area contributed by atoms with Crippen molar-refractivity contribution in [1.82, 2.24) is 4.78 Å². The zero-order valence-electron chi connectivity index (χ0n) is 8.43. The predicted molar refractivity (Wildman–Crippen MR) is 49.4 cm³/mol. The molecule has 0 aliphatic rings. The van der Waals surface area contributed by atoms with E-state index in [0.29, 0.717) is 13.2 Å². The molecule has 0 N–H and O–H groups in total.